The molecule has 0 radical (unpaired) electrons. The first-order valence-electron chi connectivity index (χ1n) is 6.92. The highest BCUT2D eigenvalue weighted by Crippen LogP contribution is 2.18. The van der Waals surface area contributed by atoms with Gasteiger partial charge in [0.2, 0.25) is 5.91 Å². The van der Waals surface area contributed by atoms with Gasteiger partial charge in [0.15, 0.2) is 0 Å². The summed E-state index contributed by atoms with van der Waals surface area (Å²) in [5, 5.41) is 6.59. The normalized spacial score (nSPS) is 26.7. The Morgan fingerprint density at radius 3 is 2.82 bits per heavy atom. The molecular weight excluding hydrogens is 232 g/mol. The number of carbonyl (C=O) groups is 1. The Labute approximate surface area is 108 Å². The fourth-order valence-electron chi connectivity index (χ4n) is 2.65. The molecule has 2 aliphatic heterocycles. The Morgan fingerprint density at radius 1 is 1.29 bits per heavy atom. The van der Waals surface area contributed by atoms with Gasteiger partial charge in [0.1, 0.15) is 0 Å². The zero-order chi connectivity index (χ0) is 11.9. The lowest BCUT2D eigenvalue weighted by Gasteiger charge is -2.24. The fraction of sp³-hybridized carbons (Fsp3) is 0.923. The van der Waals surface area contributed by atoms with E-state index in [9.17, 15) is 4.79 Å². The van der Waals surface area contributed by atoms with Crippen LogP contribution >= 0.6 is 11.8 Å². The summed E-state index contributed by atoms with van der Waals surface area (Å²) in [5.41, 5.74) is 0. The molecule has 2 saturated heterocycles. The topological polar surface area (TPSA) is 41.1 Å². The summed E-state index contributed by atoms with van der Waals surface area (Å²) in [4.78, 5) is 11.8. The Morgan fingerprint density at radius 2 is 2.12 bits per heavy atom. The van der Waals surface area contributed by atoms with Gasteiger partial charge in [-0.05, 0) is 62.6 Å². The molecule has 0 aromatic heterocycles. The van der Waals surface area contributed by atoms with E-state index in [1.165, 1.54) is 24.3 Å². The predicted molar refractivity (Wildman–Crippen MR) is 73.3 cm³/mol. The van der Waals surface area contributed by atoms with E-state index >= 15 is 0 Å². The molecule has 98 valence electrons. The van der Waals surface area contributed by atoms with Crippen molar-refractivity contribution in [2.24, 2.45) is 5.92 Å². The third kappa shape index (κ3) is 4.88. The van der Waals surface area contributed by atoms with Crippen molar-refractivity contribution in [3.63, 3.8) is 0 Å². The Hall–Kier alpha value is -0.220. The van der Waals surface area contributed by atoms with Gasteiger partial charge in [0, 0.05) is 12.5 Å². The monoisotopic (exact) mass is 256 g/mol. The van der Waals surface area contributed by atoms with Gasteiger partial charge >= 0.3 is 0 Å². The fourth-order valence-corrected chi connectivity index (χ4v) is 3.75. The zero-order valence-electron chi connectivity index (χ0n) is 10.5. The van der Waals surface area contributed by atoms with Crippen LogP contribution in [0.4, 0.5) is 0 Å². The maximum Gasteiger partial charge on any atom is 0.220 e. The highest BCUT2D eigenvalue weighted by Gasteiger charge is 2.18. The summed E-state index contributed by atoms with van der Waals surface area (Å²) < 4.78 is 0. The second-order valence-corrected chi connectivity index (χ2v) is 6.43. The third-order valence-corrected chi connectivity index (χ3v) is 4.81. The Balaban J connectivity index is 1.59. The highest BCUT2D eigenvalue weighted by molar-refractivity contribution is 7.99. The Bertz CT molecular complexity index is 236. The standard InChI is InChI=1S/C13H24N2OS/c16-13(15-12-5-8-17-9-6-12)4-3-11-2-1-7-14-10-11/h11-12,14H,1-10H2,(H,15,16). The average Bonchev–Trinajstić information content (AvgIpc) is 2.39. The molecule has 2 fully saturated rings. The summed E-state index contributed by atoms with van der Waals surface area (Å²) >= 11 is 2.00. The molecule has 0 saturated carbocycles. The van der Waals surface area contributed by atoms with Crippen LogP contribution in [-0.4, -0.2) is 36.5 Å². The number of amides is 1. The van der Waals surface area contributed by atoms with Gasteiger partial charge in [-0.25, -0.2) is 0 Å². The second-order valence-electron chi connectivity index (χ2n) is 5.21. The lowest BCUT2D eigenvalue weighted by atomic mass is 9.94. The molecule has 2 N–H and O–H groups in total. The van der Waals surface area contributed by atoms with Crippen LogP contribution in [0.2, 0.25) is 0 Å². The molecule has 0 aromatic carbocycles. The minimum absolute atomic E-state index is 0.271. The van der Waals surface area contributed by atoms with E-state index in [-0.39, 0.29) is 5.91 Å². The van der Waals surface area contributed by atoms with Crippen LogP contribution in [0.3, 0.4) is 0 Å². The smallest absolute Gasteiger partial charge is 0.220 e. The summed E-state index contributed by atoms with van der Waals surface area (Å²) in [5.74, 6) is 3.40. The molecule has 0 bridgehead atoms. The van der Waals surface area contributed by atoms with Gasteiger partial charge in [0.05, 0.1) is 0 Å². The maximum atomic E-state index is 11.8. The van der Waals surface area contributed by atoms with Crippen molar-refractivity contribution in [2.75, 3.05) is 24.6 Å². The molecule has 0 aliphatic carbocycles. The molecule has 1 unspecified atom stereocenters. The molecule has 17 heavy (non-hydrogen) atoms. The van der Waals surface area contributed by atoms with Crippen LogP contribution < -0.4 is 10.6 Å². The van der Waals surface area contributed by atoms with Crippen LogP contribution in [0.5, 0.6) is 0 Å². The predicted octanol–water partition coefficient (Wildman–Crippen LogP) is 1.78. The van der Waals surface area contributed by atoms with Gasteiger partial charge in [-0.1, -0.05) is 0 Å². The first-order valence-corrected chi connectivity index (χ1v) is 8.08. The largest absolute Gasteiger partial charge is 0.353 e. The van der Waals surface area contributed by atoms with Gasteiger partial charge in [-0.2, -0.15) is 11.8 Å². The average molecular weight is 256 g/mol. The number of rotatable bonds is 4. The summed E-state index contributed by atoms with van der Waals surface area (Å²) in [6.45, 7) is 2.26. The number of hydrogen-bond acceptors (Lipinski definition) is 3. The van der Waals surface area contributed by atoms with E-state index in [4.69, 9.17) is 0 Å². The van der Waals surface area contributed by atoms with Gasteiger partial charge in [-0.3, -0.25) is 4.79 Å². The minimum atomic E-state index is 0.271. The highest BCUT2D eigenvalue weighted by atomic mass is 32.2. The summed E-state index contributed by atoms with van der Waals surface area (Å²) in [6.07, 6.45) is 6.64. The van der Waals surface area contributed by atoms with Crippen molar-refractivity contribution in [3.05, 3.63) is 0 Å². The third-order valence-electron chi connectivity index (χ3n) is 3.76. The molecular formula is C13H24N2OS. The molecule has 2 rings (SSSR count). The molecule has 3 nitrogen and oxygen atoms in total. The summed E-state index contributed by atoms with van der Waals surface area (Å²) in [7, 11) is 0. The number of hydrogen-bond donors (Lipinski definition) is 2. The molecule has 4 heteroatoms. The molecule has 2 heterocycles. The van der Waals surface area contributed by atoms with E-state index in [1.54, 1.807) is 0 Å². The van der Waals surface area contributed by atoms with Crippen LogP contribution in [0, 0.1) is 5.92 Å². The number of nitrogens with one attached hydrogen (secondary N) is 2. The van der Waals surface area contributed by atoms with Crippen molar-refractivity contribution in [2.45, 2.75) is 44.6 Å². The minimum Gasteiger partial charge on any atom is -0.353 e. The number of thioether (sulfide) groups is 1. The van der Waals surface area contributed by atoms with E-state index in [1.807, 2.05) is 11.8 Å². The summed E-state index contributed by atoms with van der Waals surface area (Å²) in [6, 6.07) is 0.452. The van der Waals surface area contributed by atoms with Crippen molar-refractivity contribution >= 4 is 17.7 Å². The van der Waals surface area contributed by atoms with Crippen LogP contribution in [-0.2, 0) is 4.79 Å². The van der Waals surface area contributed by atoms with Crippen molar-refractivity contribution in [1.82, 2.24) is 10.6 Å². The van der Waals surface area contributed by atoms with Crippen LogP contribution in [0.15, 0.2) is 0 Å². The molecule has 1 amide bonds. The number of carbonyl (C=O) groups excluding carboxylic acids is 1. The first-order chi connectivity index (χ1) is 8.34. The van der Waals surface area contributed by atoms with Crippen molar-refractivity contribution in [3.8, 4) is 0 Å². The lowest BCUT2D eigenvalue weighted by molar-refractivity contribution is -0.122. The SMILES string of the molecule is O=C(CCC1CCCNC1)NC1CCSCC1. The Kier molecular flexibility index (Phi) is 5.65. The van der Waals surface area contributed by atoms with Gasteiger partial charge in [0.25, 0.3) is 0 Å². The molecule has 0 spiro atoms. The van der Waals surface area contributed by atoms with Crippen molar-refractivity contribution in [1.29, 1.82) is 0 Å². The van der Waals surface area contributed by atoms with Gasteiger partial charge < -0.3 is 10.6 Å². The van der Waals surface area contributed by atoms with Crippen LogP contribution in [0.1, 0.15) is 38.5 Å². The van der Waals surface area contributed by atoms with Crippen molar-refractivity contribution < 1.29 is 4.79 Å². The van der Waals surface area contributed by atoms with Crippen LogP contribution in [0.25, 0.3) is 0 Å². The van der Waals surface area contributed by atoms with E-state index in [0.29, 0.717) is 6.04 Å². The van der Waals surface area contributed by atoms with Gasteiger partial charge in [-0.15, -0.1) is 0 Å². The quantitative estimate of drug-likeness (QED) is 0.805. The lowest BCUT2D eigenvalue weighted by Crippen LogP contribution is -2.38. The van der Waals surface area contributed by atoms with E-state index in [2.05, 4.69) is 10.6 Å². The molecule has 1 atom stereocenters. The molecule has 2 aliphatic rings. The number of piperidine rings is 1. The zero-order valence-corrected chi connectivity index (χ0v) is 11.4. The molecule has 0 aromatic rings. The van der Waals surface area contributed by atoms with E-state index in [0.717, 1.165) is 44.7 Å². The van der Waals surface area contributed by atoms with E-state index < -0.39 is 0 Å². The second kappa shape index (κ2) is 7.27. The first kappa shape index (κ1) is 13.2. The maximum absolute atomic E-state index is 11.8.